The lowest BCUT2D eigenvalue weighted by Gasteiger charge is -2.28. The number of nitrogens with zero attached hydrogens (tertiary/aromatic N) is 5. The van der Waals surface area contributed by atoms with Crippen molar-refractivity contribution < 1.29 is 14.3 Å². The number of hydrogen-bond acceptors (Lipinski definition) is 7. The van der Waals surface area contributed by atoms with Crippen LogP contribution in [0.15, 0.2) is 29.4 Å². The molecule has 0 bridgehead atoms. The molecule has 2 aromatic rings. The fourth-order valence-electron chi connectivity index (χ4n) is 3.19. The number of carbonyl (C=O) groups excluding carboxylic acids is 1. The van der Waals surface area contributed by atoms with Crippen molar-refractivity contribution in [3.05, 3.63) is 29.3 Å². The second kappa shape index (κ2) is 9.89. The third kappa shape index (κ3) is 5.39. The Balaban J connectivity index is 1.28. The van der Waals surface area contributed by atoms with Crippen LogP contribution in [0, 0.1) is 0 Å². The molecule has 1 amide bonds. The van der Waals surface area contributed by atoms with E-state index in [1.54, 1.807) is 24.1 Å². The number of hydrogen-bond donors (Lipinski definition) is 0. The standard InChI is InChI=1S/C20H26ClN5O3S/c1-24(8-13-29-17-6-2-15(21)3-7-17)18(27)14-30-20-23-22-19(26(20)16-4-5-16)25-9-11-28-12-10-25/h2-3,6-7,16H,4-5,8-14H2,1H3. The molecule has 30 heavy (non-hydrogen) atoms. The number of thioether (sulfide) groups is 1. The van der Waals surface area contributed by atoms with Gasteiger partial charge in [0.2, 0.25) is 11.9 Å². The maximum Gasteiger partial charge on any atom is 0.232 e. The van der Waals surface area contributed by atoms with E-state index in [0.29, 0.717) is 43.2 Å². The van der Waals surface area contributed by atoms with E-state index < -0.39 is 0 Å². The van der Waals surface area contributed by atoms with Gasteiger partial charge in [0.1, 0.15) is 12.4 Å². The predicted molar refractivity (Wildman–Crippen MR) is 117 cm³/mol. The minimum absolute atomic E-state index is 0.0398. The number of rotatable bonds is 9. The number of benzene rings is 1. The molecule has 4 rings (SSSR count). The molecule has 2 heterocycles. The summed E-state index contributed by atoms with van der Waals surface area (Å²) < 4.78 is 13.3. The molecule has 2 fully saturated rings. The Kier molecular flexibility index (Phi) is 7.01. The molecular weight excluding hydrogens is 426 g/mol. The van der Waals surface area contributed by atoms with E-state index in [-0.39, 0.29) is 5.91 Å². The van der Waals surface area contributed by atoms with E-state index in [1.807, 2.05) is 12.1 Å². The van der Waals surface area contributed by atoms with Crippen LogP contribution < -0.4 is 9.64 Å². The van der Waals surface area contributed by atoms with Gasteiger partial charge in [-0.05, 0) is 37.1 Å². The first-order valence-electron chi connectivity index (χ1n) is 10.1. The molecule has 0 spiro atoms. The molecule has 1 aromatic carbocycles. The van der Waals surface area contributed by atoms with Crippen LogP contribution in [0.2, 0.25) is 5.02 Å². The largest absolute Gasteiger partial charge is 0.492 e. The molecule has 1 saturated carbocycles. The Hall–Kier alpha value is -1.97. The van der Waals surface area contributed by atoms with E-state index in [4.69, 9.17) is 21.1 Å². The first-order valence-corrected chi connectivity index (χ1v) is 11.5. The van der Waals surface area contributed by atoms with Crippen molar-refractivity contribution in [1.82, 2.24) is 19.7 Å². The number of ether oxygens (including phenoxy) is 2. The smallest absolute Gasteiger partial charge is 0.232 e. The summed E-state index contributed by atoms with van der Waals surface area (Å²) in [5, 5.41) is 10.3. The Bertz CT molecular complexity index is 853. The van der Waals surface area contributed by atoms with E-state index in [1.165, 1.54) is 11.8 Å². The molecule has 1 aliphatic carbocycles. The SMILES string of the molecule is CN(CCOc1ccc(Cl)cc1)C(=O)CSc1nnc(N2CCOCC2)n1C1CC1. The summed E-state index contributed by atoms with van der Waals surface area (Å²) in [6.45, 7) is 4.00. The summed E-state index contributed by atoms with van der Waals surface area (Å²) in [5.41, 5.74) is 0. The van der Waals surface area contributed by atoms with E-state index in [0.717, 1.165) is 42.8 Å². The van der Waals surface area contributed by atoms with E-state index in [9.17, 15) is 4.79 Å². The molecule has 0 unspecified atom stereocenters. The number of anilines is 1. The van der Waals surface area contributed by atoms with Crippen LogP contribution in [0.1, 0.15) is 18.9 Å². The summed E-state index contributed by atoms with van der Waals surface area (Å²) in [6.07, 6.45) is 2.28. The average molecular weight is 452 g/mol. The maximum atomic E-state index is 12.6. The zero-order valence-electron chi connectivity index (χ0n) is 17.0. The second-order valence-electron chi connectivity index (χ2n) is 7.39. The van der Waals surface area contributed by atoms with Gasteiger partial charge in [-0.3, -0.25) is 9.36 Å². The quantitative estimate of drug-likeness (QED) is 0.543. The van der Waals surface area contributed by atoms with Crippen LogP contribution in [0.5, 0.6) is 5.75 Å². The minimum Gasteiger partial charge on any atom is -0.492 e. The number of halogens is 1. The topological polar surface area (TPSA) is 72.7 Å². The summed E-state index contributed by atoms with van der Waals surface area (Å²) >= 11 is 7.33. The lowest BCUT2D eigenvalue weighted by Crippen LogP contribution is -2.38. The highest BCUT2D eigenvalue weighted by Gasteiger charge is 2.32. The van der Waals surface area contributed by atoms with Gasteiger partial charge in [0, 0.05) is 31.2 Å². The van der Waals surface area contributed by atoms with Gasteiger partial charge < -0.3 is 19.3 Å². The van der Waals surface area contributed by atoms with Gasteiger partial charge in [0.15, 0.2) is 5.16 Å². The maximum absolute atomic E-state index is 12.6. The third-order valence-electron chi connectivity index (χ3n) is 5.11. The molecular formula is C20H26ClN5O3S. The van der Waals surface area contributed by atoms with Crippen molar-refractivity contribution in [2.45, 2.75) is 24.0 Å². The third-order valence-corrected chi connectivity index (χ3v) is 6.29. The van der Waals surface area contributed by atoms with Crippen molar-refractivity contribution in [2.24, 2.45) is 0 Å². The van der Waals surface area contributed by atoms with Crippen molar-refractivity contribution in [2.75, 3.05) is 57.2 Å². The van der Waals surface area contributed by atoms with Crippen molar-refractivity contribution in [1.29, 1.82) is 0 Å². The highest BCUT2D eigenvalue weighted by molar-refractivity contribution is 7.99. The molecule has 8 nitrogen and oxygen atoms in total. The molecule has 0 radical (unpaired) electrons. The van der Waals surface area contributed by atoms with Crippen LogP contribution in [0.25, 0.3) is 0 Å². The number of likely N-dealkylation sites (N-methyl/N-ethyl adjacent to an activating group) is 1. The molecule has 1 saturated heterocycles. The molecule has 1 aliphatic heterocycles. The Morgan fingerprint density at radius 1 is 1.27 bits per heavy atom. The second-order valence-corrected chi connectivity index (χ2v) is 8.77. The average Bonchev–Trinajstić information content (AvgIpc) is 3.52. The van der Waals surface area contributed by atoms with Crippen LogP contribution in [0.3, 0.4) is 0 Å². The summed E-state index contributed by atoms with van der Waals surface area (Å²) in [6, 6.07) is 7.64. The van der Waals surface area contributed by atoms with Gasteiger partial charge in [-0.25, -0.2) is 0 Å². The van der Waals surface area contributed by atoms with Gasteiger partial charge in [-0.15, -0.1) is 10.2 Å². The van der Waals surface area contributed by atoms with Crippen LogP contribution in [0.4, 0.5) is 5.95 Å². The summed E-state index contributed by atoms with van der Waals surface area (Å²) in [4.78, 5) is 16.5. The van der Waals surface area contributed by atoms with Gasteiger partial charge in [0.05, 0.1) is 25.5 Å². The molecule has 0 N–H and O–H groups in total. The predicted octanol–water partition coefficient (Wildman–Crippen LogP) is 2.73. The molecule has 10 heteroatoms. The van der Waals surface area contributed by atoms with E-state index >= 15 is 0 Å². The van der Waals surface area contributed by atoms with Crippen LogP contribution in [-0.2, 0) is 9.53 Å². The van der Waals surface area contributed by atoms with Crippen molar-refractivity contribution in [3.8, 4) is 5.75 Å². The molecule has 2 aliphatic rings. The Labute approximate surface area is 185 Å². The highest BCUT2D eigenvalue weighted by atomic mass is 35.5. The molecule has 162 valence electrons. The lowest BCUT2D eigenvalue weighted by molar-refractivity contribution is -0.127. The van der Waals surface area contributed by atoms with Gasteiger partial charge in [-0.2, -0.15) is 0 Å². The van der Waals surface area contributed by atoms with E-state index in [2.05, 4.69) is 19.7 Å². The number of carbonyl (C=O) groups is 1. The first kappa shape index (κ1) is 21.3. The normalized spacial score (nSPS) is 16.5. The zero-order chi connectivity index (χ0) is 20.9. The Morgan fingerprint density at radius 2 is 2.00 bits per heavy atom. The van der Waals surface area contributed by atoms with Crippen molar-refractivity contribution >= 4 is 35.2 Å². The van der Waals surface area contributed by atoms with Crippen LogP contribution in [-0.4, -0.2) is 77.8 Å². The van der Waals surface area contributed by atoms with Gasteiger partial charge in [-0.1, -0.05) is 23.4 Å². The van der Waals surface area contributed by atoms with Gasteiger partial charge >= 0.3 is 0 Å². The number of aromatic nitrogens is 3. The monoisotopic (exact) mass is 451 g/mol. The lowest BCUT2D eigenvalue weighted by atomic mass is 10.3. The summed E-state index contributed by atoms with van der Waals surface area (Å²) in [5.74, 6) is 2.01. The highest BCUT2D eigenvalue weighted by Crippen LogP contribution is 2.41. The number of amides is 1. The zero-order valence-corrected chi connectivity index (χ0v) is 18.6. The number of morpholine rings is 1. The first-order chi connectivity index (χ1) is 14.6. The summed E-state index contributed by atoms with van der Waals surface area (Å²) in [7, 11) is 1.79. The fourth-order valence-corrected chi connectivity index (χ4v) is 4.26. The molecule has 0 atom stereocenters. The minimum atomic E-state index is 0.0398. The van der Waals surface area contributed by atoms with Crippen LogP contribution >= 0.6 is 23.4 Å². The fraction of sp³-hybridized carbons (Fsp3) is 0.550. The van der Waals surface area contributed by atoms with Gasteiger partial charge in [0.25, 0.3) is 0 Å². The Morgan fingerprint density at radius 3 is 2.70 bits per heavy atom. The van der Waals surface area contributed by atoms with Crippen molar-refractivity contribution in [3.63, 3.8) is 0 Å². The molecule has 1 aromatic heterocycles.